The van der Waals surface area contributed by atoms with Crippen LogP contribution in [0.25, 0.3) is 76.8 Å². The van der Waals surface area contributed by atoms with Gasteiger partial charge < -0.3 is 0 Å². The van der Waals surface area contributed by atoms with Crippen LogP contribution < -0.4 is 0 Å². The van der Waals surface area contributed by atoms with Crippen molar-refractivity contribution in [1.29, 1.82) is 0 Å². The highest BCUT2D eigenvalue weighted by atomic mass is 19.4. The second kappa shape index (κ2) is 13.3. The van der Waals surface area contributed by atoms with E-state index in [4.69, 9.17) is 0 Å². The highest BCUT2D eigenvalue weighted by Crippen LogP contribution is 2.55. The number of rotatable bonds is 6. The summed E-state index contributed by atoms with van der Waals surface area (Å²) in [5.41, 5.74) is 0.286. The molecule has 0 N–H and O–H groups in total. The van der Waals surface area contributed by atoms with Gasteiger partial charge in [0, 0.05) is 11.1 Å². The van der Waals surface area contributed by atoms with Gasteiger partial charge >= 0.3 is 24.2 Å². The molecule has 8 rings (SSSR count). The van der Waals surface area contributed by atoms with E-state index < -0.39 is 35.3 Å². The molecule has 0 radical (unpaired) electrons. The normalized spacial score (nSPS) is 12.8. The summed E-state index contributed by atoms with van der Waals surface area (Å²) >= 11 is 0. The predicted molar refractivity (Wildman–Crippen MR) is 201 cm³/mol. The van der Waals surface area contributed by atoms with E-state index in [1.54, 1.807) is 97.1 Å². The van der Waals surface area contributed by atoms with Gasteiger partial charge in [-0.3, -0.25) is 0 Å². The average Bonchev–Trinajstić information content (AvgIpc) is 3.19. The van der Waals surface area contributed by atoms with E-state index in [1.165, 1.54) is 12.1 Å². The van der Waals surface area contributed by atoms with Crippen molar-refractivity contribution in [3.8, 4) is 44.5 Å². The Kier molecular flexibility index (Phi) is 8.71. The molecule has 8 aromatic rings. The van der Waals surface area contributed by atoms with Gasteiger partial charge in [-0.25, -0.2) is 0 Å². The van der Waals surface area contributed by atoms with Crippen molar-refractivity contribution >= 4 is 32.3 Å². The Morgan fingerprint density at radius 1 is 0.268 bits per heavy atom. The van der Waals surface area contributed by atoms with Crippen LogP contribution in [0.2, 0.25) is 0 Å². The van der Waals surface area contributed by atoms with Gasteiger partial charge in [-0.1, -0.05) is 146 Å². The summed E-state index contributed by atoms with van der Waals surface area (Å²) < 4.78 is 143. The molecule has 0 aliphatic rings. The van der Waals surface area contributed by atoms with Crippen molar-refractivity contribution in [1.82, 2.24) is 0 Å². The lowest BCUT2D eigenvalue weighted by Gasteiger charge is -2.26. The van der Waals surface area contributed by atoms with Crippen molar-refractivity contribution in [3.63, 3.8) is 0 Å². The molecule has 0 fully saturated rings. The van der Waals surface area contributed by atoms with E-state index in [0.29, 0.717) is 66.7 Å². The van der Waals surface area contributed by atoms with Gasteiger partial charge in [-0.15, -0.1) is 0 Å². The highest BCUT2D eigenvalue weighted by molar-refractivity contribution is 6.33. The Morgan fingerprint density at radius 3 is 0.839 bits per heavy atom. The molecule has 280 valence electrons. The minimum atomic E-state index is -5.91. The monoisotopic (exact) mass is 768 g/mol. The maximum absolute atomic E-state index is 15.1. The average molecular weight is 769 g/mol. The van der Waals surface area contributed by atoms with Crippen LogP contribution in [-0.4, -0.2) is 12.4 Å². The molecular weight excluding hydrogens is 742 g/mol. The van der Waals surface area contributed by atoms with Crippen molar-refractivity contribution in [2.45, 2.75) is 24.2 Å². The van der Waals surface area contributed by atoms with Gasteiger partial charge in [0.15, 0.2) is 0 Å². The van der Waals surface area contributed by atoms with Gasteiger partial charge in [0.25, 0.3) is 0 Å². The SMILES string of the molecule is FC(F)(F)C(F)(F)c1cccc(-c2c3ccccc3c(-c3cccc(C(F)(F)C(F)(F)F)c3)c3c(-c4ccccc4)c4ccccc4c(-c4ccccc4)c23)c1. The summed E-state index contributed by atoms with van der Waals surface area (Å²) in [6, 6.07) is 39.8. The summed E-state index contributed by atoms with van der Waals surface area (Å²) in [5.74, 6) is -10.4. The maximum Gasteiger partial charge on any atom is 0.458 e. The van der Waals surface area contributed by atoms with Crippen molar-refractivity contribution < 1.29 is 43.9 Å². The lowest BCUT2D eigenvalue weighted by molar-refractivity contribution is -0.289. The van der Waals surface area contributed by atoms with Gasteiger partial charge in [-0.05, 0) is 89.0 Å². The molecule has 0 saturated carbocycles. The van der Waals surface area contributed by atoms with Gasteiger partial charge in [0.2, 0.25) is 0 Å². The van der Waals surface area contributed by atoms with Crippen LogP contribution in [0, 0.1) is 0 Å². The summed E-state index contributed by atoms with van der Waals surface area (Å²) in [6.07, 6.45) is -11.8. The lowest BCUT2D eigenvalue weighted by atomic mass is 9.77. The van der Waals surface area contributed by atoms with E-state index in [0.717, 1.165) is 24.3 Å². The van der Waals surface area contributed by atoms with Crippen LogP contribution in [0.15, 0.2) is 158 Å². The third-order valence-corrected chi connectivity index (χ3v) is 10.0. The Balaban J connectivity index is 1.68. The molecule has 56 heavy (non-hydrogen) atoms. The van der Waals surface area contributed by atoms with E-state index >= 15 is 17.6 Å². The Labute approximate surface area is 313 Å². The van der Waals surface area contributed by atoms with Gasteiger partial charge in [0.05, 0.1) is 0 Å². The molecule has 0 aliphatic heterocycles. The molecule has 0 spiro atoms. The fourth-order valence-corrected chi connectivity index (χ4v) is 7.60. The largest absolute Gasteiger partial charge is 0.458 e. The first kappa shape index (κ1) is 36.8. The summed E-state index contributed by atoms with van der Waals surface area (Å²) in [7, 11) is 0. The number of benzene rings is 8. The number of hydrogen-bond donors (Lipinski definition) is 0. The second-order valence-corrected chi connectivity index (χ2v) is 13.4. The zero-order chi connectivity index (χ0) is 39.6. The summed E-state index contributed by atoms with van der Waals surface area (Å²) in [6.45, 7) is 0. The molecule has 0 aromatic heterocycles. The molecule has 0 saturated heterocycles. The number of hydrogen-bond acceptors (Lipinski definition) is 0. The first-order chi connectivity index (χ1) is 26.6. The second-order valence-electron chi connectivity index (χ2n) is 13.4. The standard InChI is InChI=1S/C46H26F10/c47-43(48,45(51,52)53)31-19-11-17-29(25-31)39-35-23-9-10-24-36(35)40(30-18-12-20-32(26-30)44(49,50)46(54,55)56)42-38(28-15-5-2-6-16-28)34-22-8-7-21-33(34)37(41(39)42)27-13-3-1-4-14-27/h1-26H. The Morgan fingerprint density at radius 2 is 0.536 bits per heavy atom. The Hall–Kier alpha value is -6.16. The number of fused-ring (bicyclic) bond motifs is 3. The molecule has 0 aliphatic carbocycles. The van der Waals surface area contributed by atoms with Crippen LogP contribution in [0.4, 0.5) is 43.9 Å². The summed E-state index contributed by atoms with van der Waals surface area (Å²) in [5, 5.41) is 2.73. The topological polar surface area (TPSA) is 0 Å². The molecule has 0 nitrogen and oxygen atoms in total. The van der Waals surface area contributed by atoms with Crippen molar-refractivity contribution in [2.75, 3.05) is 0 Å². The lowest BCUT2D eigenvalue weighted by Crippen LogP contribution is -2.33. The van der Waals surface area contributed by atoms with Crippen LogP contribution in [0.1, 0.15) is 11.1 Å². The van der Waals surface area contributed by atoms with Gasteiger partial charge in [0.1, 0.15) is 0 Å². The molecular formula is C46H26F10. The molecule has 0 atom stereocenters. The quantitative estimate of drug-likeness (QED) is 0.117. The summed E-state index contributed by atoms with van der Waals surface area (Å²) in [4.78, 5) is 0. The van der Waals surface area contributed by atoms with Gasteiger partial charge in [-0.2, -0.15) is 43.9 Å². The predicted octanol–water partition coefficient (Wildman–Crippen LogP) is 15.1. The Bertz CT molecular complexity index is 2580. The molecule has 0 heterocycles. The fourth-order valence-electron chi connectivity index (χ4n) is 7.60. The third-order valence-electron chi connectivity index (χ3n) is 10.0. The van der Waals surface area contributed by atoms with Crippen LogP contribution in [-0.2, 0) is 11.8 Å². The molecule has 0 bridgehead atoms. The fraction of sp³-hybridized carbons (Fsp3) is 0.0870. The zero-order valence-electron chi connectivity index (χ0n) is 28.8. The van der Waals surface area contributed by atoms with Crippen molar-refractivity contribution in [3.05, 3.63) is 169 Å². The van der Waals surface area contributed by atoms with Crippen LogP contribution in [0.3, 0.4) is 0 Å². The zero-order valence-corrected chi connectivity index (χ0v) is 28.8. The van der Waals surface area contributed by atoms with E-state index in [9.17, 15) is 26.3 Å². The third kappa shape index (κ3) is 5.86. The molecule has 0 unspecified atom stereocenters. The van der Waals surface area contributed by atoms with E-state index in [-0.39, 0.29) is 22.3 Å². The van der Waals surface area contributed by atoms with E-state index in [1.807, 2.05) is 12.1 Å². The van der Waals surface area contributed by atoms with Crippen LogP contribution in [0.5, 0.6) is 0 Å². The minimum absolute atomic E-state index is 0.00278. The maximum atomic E-state index is 15.1. The minimum Gasteiger partial charge on any atom is -0.191 e. The molecule has 8 aromatic carbocycles. The van der Waals surface area contributed by atoms with Crippen LogP contribution >= 0.6 is 0 Å². The molecule has 0 amide bonds. The number of halogens is 10. The first-order valence-corrected chi connectivity index (χ1v) is 17.3. The number of alkyl halides is 10. The molecule has 10 heteroatoms. The van der Waals surface area contributed by atoms with Crippen molar-refractivity contribution in [2.24, 2.45) is 0 Å². The first-order valence-electron chi connectivity index (χ1n) is 17.3. The van der Waals surface area contributed by atoms with E-state index in [2.05, 4.69) is 0 Å². The smallest absolute Gasteiger partial charge is 0.191 e. The highest BCUT2D eigenvalue weighted by Gasteiger charge is 2.59.